The number of fused-ring (bicyclic) bond motifs is 3. The van der Waals surface area contributed by atoms with Crippen LogP contribution in [0.1, 0.15) is 71.4 Å². The lowest BCUT2D eigenvalue weighted by molar-refractivity contribution is 0.0544. The normalized spacial score (nSPS) is 13.2. The number of hydrogen-bond acceptors (Lipinski definition) is 8. The van der Waals surface area contributed by atoms with Crippen molar-refractivity contribution in [2.75, 3.05) is 19.8 Å². The monoisotopic (exact) mass is 582 g/mol. The summed E-state index contributed by atoms with van der Waals surface area (Å²) in [5.74, 6) is -0.207. The number of nitrogens with one attached hydrogen (secondary N) is 3. The summed E-state index contributed by atoms with van der Waals surface area (Å²) in [5, 5.41) is 17.4. The third-order valence-corrected chi connectivity index (χ3v) is 6.11. The molecular weight excluding hydrogens is 540 g/mol. The Morgan fingerprint density at radius 2 is 1.33 bits per heavy atom. The molecule has 4 N–H and O–H groups in total. The Bertz CT molecular complexity index is 1200. The van der Waals surface area contributed by atoms with E-state index < -0.39 is 35.5 Å². The van der Waals surface area contributed by atoms with E-state index in [9.17, 15) is 19.5 Å². The van der Waals surface area contributed by atoms with Crippen LogP contribution in [0.15, 0.2) is 53.5 Å². The maximum atomic E-state index is 12.6. The molecule has 3 rings (SSSR count). The Labute approximate surface area is 247 Å². The first-order valence-electron chi connectivity index (χ1n) is 14.0. The molecule has 3 amide bonds. The molecule has 0 saturated carbocycles. The van der Waals surface area contributed by atoms with Crippen molar-refractivity contribution in [2.45, 2.75) is 77.5 Å². The third kappa shape index (κ3) is 10.1. The standard InChI is InChI=1S/C31H42N4O7/c1-30(2,3)41-28(38)34-26(35-29(39)42-31(4,5)6)32-17-11-12-20(18-36)33-27(37)40-19-25-23-15-9-7-13-21(23)22-14-8-10-16-24(22)25/h7-10,13-16,20,25,36H,11-12,17-19H2,1-6H3,(H,33,37)(H2,32,34,35,38,39). The van der Waals surface area contributed by atoms with Crippen LogP contribution in [0.25, 0.3) is 11.1 Å². The maximum absolute atomic E-state index is 12.6. The van der Waals surface area contributed by atoms with Crippen LogP contribution in [0.3, 0.4) is 0 Å². The lowest BCUT2D eigenvalue weighted by Gasteiger charge is -2.22. The van der Waals surface area contributed by atoms with Crippen LogP contribution >= 0.6 is 0 Å². The van der Waals surface area contributed by atoms with Crippen molar-refractivity contribution in [1.29, 1.82) is 0 Å². The molecule has 228 valence electrons. The summed E-state index contributed by atoms with van der Waals surface area (Å²) in [6, 6.07) is 15.6. The van der Waals surface area contributed by atoms with Gasteiger partial charge in [-0.15, -0.1) is 0 Å². The Morgan fingerprint density at radius 1 is 0.833 bits per heavy atom. The summed E-state index contributed by atoms with van der Waals surface area (Å²) in [6.07, 6.45) is -1.41. The van der Waals surface area contributed by atoms with Crippen molar-refractivity contribution in [3.05, 3.63) is 59.7 Å². The van der Waals surface area contributed by atoms with E-state index in [0.717, 1.165) is 22.3 Å². The number of aliphatic imine (C=N–C) groups is 1. The molecule has 42 heavy (non-hydrogen) atoms. The first-order chi connectivity index (χ1) is 19.8. The number of carbonyl (C=O) groups is 3. The summed E-state index contributed by atoms with van der Waals surface area (Å²) < 4.78 is 16.0. The minimum absolute atomic E-state index is 0.0709. The summed E-state index contributed by atoms with van der Waals surface area (Å²) >= 11 is 0. The highest BCUT2D eigenvalue weighted by molar-refractivity contribution is 6.01. The molecule has 2 aromatic rings. The fourth-order valence-corrected chi connectivity index (χ4v) is 4.46. The molecule has 0 fully saturated rings. The molecule has 0 radical (unpaired) electrons. The minimum Gasteiger partial charge on any atom is -0.449 e. The second-order valence-corrected chi connectivity index (χ2v) is 12.0. The van der Waals surface area contributed by atoms with E-state index in [2.05, 4.69) is 33.1 Å². The summed E-state index contributed by atoms with van der Waals surface area (Å²) in [6.45, 7) is 10.3. The number of rotatable bonds is 8. The van der Waals surface area contributed by atoms with E-state index in [1.807, 2.05) is 36.4 Å². The first kappa shape index (κ1) is 32.4. The van der Waals surface area contributed by atoms with E-state index in [1.54, 1.807) is 41.5 Å². The number of carbonyl (C=O) groups excluding carboxylic acids is 3. The van der Waals surface area contributed by atoms with Gasteiger partial charge in [0.25, 0.3) is 0 Å². The molecule has 11 heteroatoms. The number of ether oxygens (including phenoxy) is 3. The van der Waals surface area contributed by atoms with Gasteiger partial charge in [-0.2, -0.15) is 0 Å². The molecule has 1 atom stereocenters. The van der Waals surface area contributed by atoms with Gasteiger partial charge in [0, 0.05) is 12.5 Å². The molecular formula is C31H42N4O7. The predicted molar refractivity (Wildman–Crippen MR) is 159 cm³/mol. The number of aliphatic hydroxyl groups is 1. The number of benzene rings is 2. The quantitative estimate of drug-likeness (QED) is 0.147. The van der Waals surface area contributed by atoms with Crippen LogP contribution in [0.5, 0.6) is 0 Å². The van der Waals surface area contributed by atoms with Gasteiger partial charge in [-0.05, 0) is 76.6 Å². The second kappa shape index (κ2) is 14.2. The molecule has 0 aliphatic heterocycles. The second-order valence-electron chi connectivity index (χ2n) is 12.0. The van der Waals surface area contributed by atoms with Crippen LogP contribution in [0.4, 0.5) is 14.4 Å². The van der Waals surface area contributed by atoms with Crippen molar-refractivity contribution >= 4 is 24.2 Å². The van der Waals surface area contributed by atoms with Gasteiger partial charge in [0.2, 0.25) is 5.96 Å². The number of hydrogen-bond donors (Lipinski definition) is 4. The van der Waals surface area contributed by atoms with Gasteiger partial charge in [0.15, 0.2) is 0 Å². The average Bonchev–Trinajstić information content (AvgIpc) is 3.20. The zero-order valence-electron chi connectivity index (χ0n) is 25.2. The molecule has 0 saturated heterocycles. The fourth-order valence-electron chi connectivity index (χ4n) is 4.46. The van der Waals surface area contributed by atoms with Crippen molar-refractivity contribution in [1.82, 2.24) is 16.0 Å². The number of alkyl carbamates (subject to hydrolysis) is 3. The highest BCUT2D eigenvalue weighted by Gasteiger charge is 2.29. The fraction of sp³-hybridized carbons (Fsp3) is 0.484. The van der Waals surface area contributed by atoms with E-state index >= 15 is 0 Å². The highest BCUT2D eigenvalue weighted by atomic mass is 16.6. The molecule has 1 aliphatic carbocycles. The van der Waals surface area contributed by atoms with Crippen LogP contribution in [-0.2, 0) is 14.2 Å². The van der Waals surface area contributed by atoms with E-state index in [4.69, 9.17) is 14.2 Å². The minimum atomic E-state index is -0.789. The van der Waals surface area contributed by atoms with Crippen molar-refractivity contribution in [3.63, 3.8) is 0 Å². The van der Waals surface area contributed by atoms with Crippen LogP contribution in [-0.4, -0.2) is 66.3 Å². The predicted octanol–water partition coefficient (Wildman–Crippen LogP) is 5.07. The molecule has 2 aromatic carbocycles. The molecule has 1 unspecified atom stereocenters. The lowest BCUT2D eigenvalue weighted by Crippen LogP contribution is -2.47. The van der Waals surface area contributed by atoms with Gasteiger partial charge >= 0.3 is 18.3 Å². The molecule has 0 heterocycles. The SMILES string of the molecule is CC(C)(C)OC(=O)NC(=NCCCC(CO)NC(=O)OCC1c2ccccc2-c2ccccc21)NC(=O)OC(C)(C)C. The number of nitrogens with zero attached hydrogens (tertiary/aromatic N) is 1. The van der Waals surface area contributed by atoms with Crippen LogP contribution in [0.2, 0.25) is 0 Å². The third-order valence-electron chi connectivity index (χ3n) is 6.11. The Kier molecular flexibility index (Phi) is 10.9. The zero-order valence-corrected chi connectivity index (χ0v) is 25.2. The Balaban J connectivity index is 1.52. The van der Waals surface area contributed by atoms with Gasteiger partial charge in [-0.1, -0.05) is 48.5 Å². The van der Waals surface area contributed by atoms with Crippen LogP contribution in [0, 0.1) is 0 Å². The smallest absolute Gasteiger partial charge is 0.414 e. The van der Waals surface area contributed by atoms with Crippen LogP contribution < -0.4 is 16.0 Å². The van der Waals surface area contributed by atoms with Crippen molar-refractivity contribution < 1.29 is 33.7 Å². The number of amides is 3. The Hall–Kier alpha value is -4.12. The molecule has 0 spiro atoms. The summed E-state index contributed by atoms with van der Waals surface area (Å²) in [7, 11) is 0. The molecule has 11 nitrogen and oxygen atoms in total. The summed E-state index contributed by atoms with van der Waals surface area (Å²) in [5.41, 5.74) is 2.99. The topological polar surface area (TPSA) is 148 Å². The van der Waals surface area contributed by atoms with Gasteiger partial charge < -0.3 is 24.6 Å². The average molecular weight is 583 g/mol. The number of guanidine groups is 1. The van der Waals surface area contributed by atoms with Gasteiger partial charge in [0.1, 0.15) is 17.8 Å². The molecule has 0 aromatic heterocycles. The van der Waals surface area contributed by atoms with Crippen molar-refractivity contribution in [3.8, 4) is 11.1 Å². The maximum Gasteiger partial charge on any atom is 0.414 e. The van der Waals surface area contributed by atoms with E-state index in [-0.39, 0.29) is 31.6 Å². The van der Waals surface area contributed by atoms with Gasteiger partial charge in [-0.25, -0.2) is 14.4 Å². The molecule has 0 bridgehead atoms. The highest BCUT2D eigenvalue weighted by Crippen LogP contribution is 2.44. The van der Waals surface area contributed by atoms with Gasteiger partial charge in [0.05, 0.1) is 12.6 Å². The molecule has 1 aliphatic rings. The van der Waals surface area contributed by atoms with E-state index in [0.29, 0.717) is 12.8 Å². The first-order valence-corrected chi connectivity index (χ1v) is 14.0. The van der Waals surface area contributed by atoms with Gasteiger partial charge in [-0.3, -0.25) is 15.6 Å². The zero-order chi connectivity index (χ0) is 30.9. The lowest BCUT2D eigenvalue weighted by atomic mass is 9.98. The largest absolute Gasteiger partial charge is 0.449 e. The summed E-state index contributed by atoms with van der Waals surface area (Å²) in [4.78, 5) is 41.3. The number of aliphatic hydroxyl groups excluding tert-OH is 1. The Morgan fingerprint density at radius 3 is 1.81 bits per heavy atom. The van der Waals surface area contributed by atoms with E-state index in [1.165, 1.54) is 0 Å². The van der Waals surface area contributed by atoms with Crippen molar-refractivity contribution in [2.24, 2.45) is 4.99 Å².